The molecule has 3 aliphatic heterocycles. The minimum atomic E-state index is -4.76. The molecule has 2 atom stereocenters. The number of allylic oxidation sites excluding steroid dienone is 4. The number of carbonyl (C=O) groups is 6. The highest BCUT2D eigenvalue weighted by molar-refractivity contribution is 7.98. The number of alkyl halides is 3. The van der Waals surface area contributed by atoms with E-state index >= 15 is 0 Å². The van der Waals surface area contributed by atoms with Crippen LogP contribution in [0, 0.1) is 0 Å². The van der Waals surface area contributed by atoms with Crippen LogP contribution in [0.1, 0.15) is 99.7 Å². The van der Waals surface area contributed by atoms with E-state index in [1.54, 1.807) is 6.26 Å². The van der Waals surface area contributed by atoms with Crippen LogP contribution in [0.4, 0.5) is 24.5 Å². The number of halogens is 3. The van der Waals surface area contributed by atoms with Crippen molar-refractivity contribution in [3.05, 3.63) is 119 Å². The average Bonchev–Trinajstić information content (AvgIpc) is 4.14. The second kappa shape index (κ2) is 24.4. The fourth-order valence-electron chi connectivity index (χ4n) is 9.43. The van der Waals surface area contributed by atoms with Crippen molar-refractivity contribution in [1.82, 2.24) is 32.1 Å². The zero-order chi connectivity index (χ0) is 53.8. The van der Waals surface area contributed by atoms with Crippen LogP contribution in [0.5, 0.6) is 0 Å². The third kappa shape index (κ3) is 13.3. The number of hydrogen-bond donors (Lipinski definition) is 7. The number of nitrogens with zero attached hydrogens (tertiary/aromatic N) is 4. The van der Waals surface area contributed by atoms with Crippen molar-refractivity contribution in [3.8, 4) is 0 Å². The summed E-state index contributed by atoms with van der Waals surface area (Å²) in [5, 5.41) is 28.1. The molecular formula is C53H66F3N10O7S+. The number of unbranched alkanes of at least 4 members (excludes halogenated alkanes) is 2. The van der Waals surface area contributed by atoms with Gasteiger partial charge in [-0.1, -0.05) is 68.5 Å². The third-order valence-corrected chi connectivity index (χ3v) is 14.3. The van der Waals surface area contributed by atoms with Crippen LogP contribution >= 0.6 is 11.8 Å². The number of nitrogens with one attached hydrogen (secondary N) is 6. The molecule has 0 saturated carbocycles. The number of anilines is 1. The molecule has 0 saturated heterocycles. The fourth-order valence-corrected chi connectivity index (χ4v) is 9.90. The van der Waals surface area contributed by atoms with Crippen molar-refractivity contribution >= 4 is 64.3 Å². The van der Waals surface area contributed by atoms with Crippen molar-refractivity contribution in [3.63, 3.8) is 0 Å². The molecule has 21 heteroatoms. The van der Waals surface area contributed by atoms with E-state index in [0.29, 0.717) is 38.0 Å². The normalized spacial score (nSPS) is 17.1. The topological polar surface area (TPSA) is 226 Å². The predicted octanol–water partition coefficient (Wildman–Crippen LogP) is 6.34. The van der Waals surface area contributed by atoms with Gasteiger partial charge in [0.25, 0.3) is 11.8 Å². The monoisotopic (exact) mass is 1040 g/mol. The van der Waals surface area contributed by atoms with Crippen molar-refractivity contribution in [1.29, 1.82) is 0 Å². The van der Waals surface area contributed by atoms with Crippen LogP contribution in [0.3, 0.4) is 0 Å². The summed E-state index contributed by atoms with van der Waals surface area (Å²) in [6, 6.07) is 19.1. The van der Waals surface area contributed by atoms with Gasteiger partial charge in [-0.15, -0.1) is 10.2 Å². The van der Waals surface area contributed by atoms with Gasteiger partial charge in [-0.3, -0.25) is 34.0 Å². The molecule has 0 aromatic heterocycles. The summed E-state index contributed by atoms with van der Waals surface area (Å²) in [5.41, 5.74) is 5.34. The number of fused-ring (bicyclic) bond motifs is 2. The first-order chi connectivity index (χ1) is 35.2. The molecular weight excluding hydrogens is 978 g/mol. The zero-order valence-corrected chi connectivity index (χ0v) is 43.3. The molecule has 0 spiro atoms. The summed E-state index contributed by atoms with van der Waals surface area (Å²) in [7, 11) is 2.10. The molecule has 0 fully saturated rings. The SMILES string of the molecule is CSCC[C@H](NC(=O)CNC(=O)CNC(=O)[C@H](CCCCNC(=O)CCCCN1/C(=C/C=C/C2=[N+](C)c3ccccc3C2(C)C)C(C)(C)c2ccccc21)NC(=O)c1ccc(C2(C(F)(F)F)N=N2)cc1)C(=O)NO. The van der Waals surface area contributed by atoms with Gasteiger partial charge in [0.1, 0.15) is 19.1 Å². The van der Waals surface area contributed by atoms with E-state index in [4.69, 9.17) is 5.21 Å². The van der Waals surface area contributed by atoms with Crippen LogP contribution in [-0.4, -0.2) is 114 Å². The molecule has 6 amide bonds. The Morgan fingerprint density at radius 2 is 1.42 bits per heavy atom. The van der Waals surface area contributed by atoms with E-state index in [0.717, 1.165) is 36.4 Å². The summed E-state index contributed by atoms with van der Waals surface area (Å²) in [4.78, 5) is 79.2. The number of carbonyl (C=O) groups excluding carboxylic acids is 6. The summed E-state index contributed by atoms with van der Waals surface area (Å²) in [6.07, 6.45) is 6.32. The summed E-state index contributed by atoms with van der Waals surface area (Å²) >= 11 is 1.42. The second-order valence-electron chi connectivity index (χ2n) is 19.4. The quantitative estimate of drug-likeness (QED) is 0.0217. The first-order valence-electron chi connectivity index (χ1n) is 24.6. The van der Waals surface area contributed by atoms with Gasteiger partial charge in [0.05, 0.1) is 18.5 Å². The van der Waals surface area contributed by atoms with E-state index in [9.17, 15) is 41.9 Å². The van der Waals surface area contributed by atoms with E-state index in [1.807, 2.05) is 6.07 Å². The van der Waals surface area contributed by atoms with Crippen molar-refractivity contribution < 1.29 is 51.7 Å². The minimum absolute atomic E-state index is 0.0461. The van der Waals surface area contributed by atoms with Gasteiger partial charge in [0.15, 0.2) is 5.71 Å². The molecule has 3 aliphatic rings. The van der Waals surface area contributed by atoms with Crippen LogP contribution < -0.4 is 37.0 Å². The Hall–Kier alpha value is -6.87. The molecule has 0 radical (unpaired) electrons. The zero-order valence-electron chi connectivity index (χ0n) is 42.5. The molecule has 3 aromatic carbocycles. The highest BCUT2D eigenvalue weighted by Crippen LogP contribution is 2.52. The molecule has 17 nitrogen and oxygen atoms in total. The summed E-state index contributed by atoms with van der Waals surface area (Å²) in [6.45, 7) is 8.81. The van der Waals surface area contributed by atoms with Crippen LogP contribution in [-0.2, 0) is 40.5 Å². The van der Waals surface area contributed by atoms with Crippen molar-refractivity contribution in [2.24, 2.45) is 10.2 Å². The number of hydroxylamine groups is 1. The maximum Gasteiger partial charge on any atom is 0.442 e. The van der Waals surface area contributed by atoms with E-state index in [1.165, 1.54) is 45.5 Å². The Morgan fingerprint density at radius 1 is 0.757 bits per heavy atom. The van der Waals surface area contributed by atoms with Gasteiger partial charge >= 0.3 is 11.8 Å². The summed E-state index contributed by atoms with van der Waals surface area (Å²) in [5.74, 6) is -3.48. The van der Waals surface area contributed by atoms with Crippen LogP contribution in [0.2, 0.25) is 0 Å². The lowest BCUT2D eigenvalue weighted by Gasteiger charge is -2.27. The number of thioether (sulfide) groups is 1. The summed E-state index contributed by atoms with van der Waals surface area (Å²) < 4.78 is 43.0. The van der Waals surface area contributed by atoms with Crippen molar-refractivity contribution in [2.75, 3.05) is 50.1 Å². The molecule has 396 valence electrons. The van der Waals surface area contributed by atoms with Crippen molar-refractivity contribution in [2.45, 2.75) is 107 Å². The lowest BCUT2D eigenvalue weighted by molar-refractivity contribution is -0.401. The van der Waals surface area contributed by atoms with Crippen LogP contribution in [0.25, 0.3) is 0 Å². The lowest BCUT2D eigenvalue weighted by Crippen LogP contribution is -2.51. The Balaban J connectivity index is 0.994. The Kier molecular flexibility index (Phi) is 18.6. The largest absolute Gasteiger partial charge is 0.442 e. The van der Waals surface area contributed by atoms with Gasteiger partial charge in [0, 0.05) is 65.1 Å². The lowest BCUT2D eigenvalue weighted by atomic mass is 9.81. The van der Waals surface area contributed by atoms with E-state index in [-0.39, 0.29) is 47.3 Å². The van der Waals surface area contributed by atoms with E-state index < -0.39 is 66.5 Å². The van der Waals surface area contributed by atoms with Gasteiger partial charge in [-0.05, 0) is 94.2 Å². The highest BCUT2D eigenvalue weighted by Gasteiger charge is 2.65. The molecule has 3 heterocycles. The molecule has 3 aromatic rings. The smallest absolute Gasteiger partial charge is 0.356 e. The molecule has 6 rings (SSSR count). The number of hydrogen-bond acceptors (Lipinski definition) is 11. The second-order valence-corrected chi connectivity index (χ2v) is 20.4. The molecule has 74 heavy (non-hydrogen) atoms. The number of para-hydroxylation sites is 2. The molecule has 0 aliphatic carbocycles. The number of rotatable bonds is 25. The first kappa shape index (κ1) is 56.4. The highest BCUT2D eigenvalue weighted by atomic mass is 32.2. The van der Waals surface area contributed by atoms with Gasteiger partial charge in [-0.25, -0.2) is 5.48 Å². The van der Waals surface area contributed by atoms with Gasteiger partial charge in [-0.2, -0.15) is 29.5 Å². The van der Waals surface area contributed by atoms with Gasteiger partial charge in [0.2, 0.25) is 29.3 Å². The van der Waals surface area contributed by atoms with E-state index in [2.05, 4.69) is 142 Å². The number of benzene rings is 3. The Labute approximate surface area is 433 Å². The molecule has 7 N–H and O–H groups in total. The fraction of sp³-hybridized carbons (Fsp3) is 0.453. The average molecular weight is 1040 g/mol. The third-order valence-electron chi connectivity index (χ3n) is 13.6. The van der Waals surface area contributed by atoms with Crippen LogP contribution in [0.15, 0.2) is 107 Å². The Bertz CT molecular complexity index is 2700. The maximum atomic E-state index is 13.6. The first-order valence-corrected chi connectivity index (χ1v) is 26.0. The Morgan fingerprint density at radius 3 is 2.08 bits per heavy atom. The predicted molar refractivity (Wildman–Crippen MR) is 276 cm³/mol. The van der Waals surface area contributed by atoms with Gasteiger partial charge < -0.3 is 31.5 Å². The number of amides is 6. The molecule has 0 unspecified atom stereocenters. The molecule has 0 bridgehead atoms. The minimum Gasteiger partial charge on any atom is -0.356 e. The maximum absolute atomic E-state index is 13.6. The standard InChI is InChI=1S/C53H65F3N10O7S/c1-50(2)36-16-7-9-19-40(36)65(5)42(50)21-15-22-43-51(3,4)37-17-8-10-20-41(37)66(43)30-14-12-23-44(67)57-29-13-11-18-38(61-47(70)34-24-26-35(27-25-34)52(63-64-52)53(54,55)56)48(71)59-32-45(68)58-33-46(69)60-39(28-31-74-6)49(72)62-73/h7-10,15-17,19-22,24-27,38-39H,11-14,18,23,28-33H2,1-6H3,(H6-,57,58,59,60,61,62,63,64,67,68,69,70,71,72,73)/p+1/t38-,39-/m0/s1.